The molecular weight excluding hydrogens is 295 g/mol. The maximum atomic E-state index is 10.7. The fraction of sp³-hybridized carbons (Fsp3) is 0.333. The minimum atomic E-state index is -0.407. The van der Waals surface area contributed by atoms with E-state index in [1.807, 2.05) is 0 Å². The highest BCUT2D eigenvalue weighted by Gasteiger charge is 2.24. The quantitative estimate of drug-likeness (QED) is 0.374. The average Bonchev–Trinajstić information content (AvgIpc) is 2.59. The van der Waals surface area contributed by atoms with Crippen molar-refractivity contribution in [2.75, 3.05) is 5.73 Å². The molecule has 1 aliphatic rings. The predicted octanol–water partition coefficient (Wildman–Crippen LogP) is 2.27. The first-order valence-corrected chi connectivity index (χ1v) is 5.43. The van der Waals surface area contributed by atoms with Gasteiger partial charge in [0.25, 0.3) is 5.69 Å². The van der Waals surface area contributed by atoms with E-state index in [1.54, 1.807) is 6.07 Å². The van der Waals surface area contributed by atoms with Crippen molar-refractivity contribution < 1.29 is 4.92 Å². The third-order valence-corrected chi connectivity index (χ3v) is 3.53. The van der Waals surface area contributed by atoms with Crippen molar-refractivity contribution in [1.29, 1.82) is 0 Å². The van der Waals surface area contributed by atoms with Gasteiger partial charge in [0.15, 0.2) is 0 Å². The van der Waals surface area contributed by atoms with Crippen LogP contribution in [-0.2, 0) is 12.8 Å². The molecule has 0 radical (unpaired) electrons. The van der Waals surface area contributed by atoms with Crippen molar-refractivity contribution in [1.82, 2.24) is 0 Å². The molecule has 0 aliphatic heterocycles. The Hall–Kier alpha value is -0.850. The molecule has 0 spiro atoms. The van der Waals surface area contributed by atoms with E-state index in [0.29, 0.717) is 5.69 Å². The van der Waals surface area contributed by atoms with Crippen molar-refractivity contribution in [3.05, 3.63) is 30.9 Å². The number of benzene rings is 1. The van der Waals surface area contributed by atoms with Gasteiger partial charge in [-0.2, -0.15) is 0 Å². The number of fused-ring (bicyclic) bond motifs is 1. The highest BCUT2D eigenvalue weighted by atomic mass is 127. The lowest BCUT2D eigenvalue weighted by Gasteiger charge is -2.06. The molecule has 0 amide bonds. The van der Waals surface area contributed by atoms with Crippen molar-refractivity contribution in [3.8, 4) is 0 Å². The number of nitro benzene ring substituents is 1. The molecule has 0 unspecified atom stereocenters. The molecule has 4 nitrogen and oxygen atoms in total. The summed E-state index contributed by atoms with van der Waals surface area (Å²) in [7, 11) is 0. The lowest BCUT2D eigenvalue weighted by atomic mass is 10.1. The second kappa shape index (κ2) is 3.38. The summed E-state index contributed by atoms with van der Waals surface area (Å²) in [5.41, 5.74) is 8.37. The first-order valence-electron chi connectivity index (χ1n) is 4.35. The van der Waals surface area contributed by atoms with E-state index in [1.165, 1.54) is 5.56 Å². The molecule has 0 saturated heterocycles. The van der Waals surface area contributed by atoms with Crippen molar-refractivity contribution in [3.63, 3.8) is 0 Å². The second-order valence-corrected chi connectivity index (χ2v) is 4.52. The zero-order chi connectivity index (χ0) is 10.3. The van der Waals surface area contributed by atoms with Crippen LogP contribution < -0.4 is 5.73 Å². The predicted molar refractivity (Wildman–Crippen MR) is 62.3 cm³/mol. The number of hydrogen-bond acceptors (Lipinski definition) is 3. The van der Waals surface area contributed by atoms with Crippen molar-refractivity contribution >= 4 is 34.0 Å². The molecule has 1 aliphatic carbocycles. The number of nitro groups is 1. The van der Waals surface area contributed by atoms with Gasteiger partial charge >= 0.3 is 0 Å². The molecule has 74 valence electrons. The average molecular weight is 304 g/mol. The van der Waals surface area contributed by atoms with E-state index in [4.69, 9.17) is 5.73 Å². The van der Waals surface area contributed by atoms with E-state index in [2.05, 4.69) is 22.6 Å². The van der Waals surface area contributed by atoms with E-state index in [-0.39, 0.29) is 5.69 Å². The van der Waals surface area contributed by atoms with E-state index < -0.39 is 4.92 Å². The molecule has 2 N–H and O–H groups in total. The zero-order valence-corrected chi connectivity index (χ0v) is 9.58. The maximum absolute atomic E-state index is 10.7. The largest absolute Gasteiger partial charge is 0.393 e. The van der Waals surface area contributed by atoms with Crippen LogP contribution in [0.15, 0.2) is 6.07 Å². The van der Waals surface area contributed by atoms with Gasteiger partial charge in [0.05, 0.1) is 4.92 Å². The summed E-state index contributed by atoms with van der Waals surface area (Å²) in [6.45, 7) is 0. The van der Waals surface area contributed by atoms with Gasteiger partial charge in [-0.1, -0.05) is 0 Å². The number of nitrogen functional groups attached to an aromatic ring is 1. The first-order chi connectivity index (χ1) is 6.61. The normalized spacial score (nSPS) is 14.1. The molecule has 0 aromatic heterocycles. The Bertz CT molecular complexity index is 418. The molecule has 1 aromatic rings. The summed E-state index contributed by atoms with van der Waals surface area (Å²) in [6.07, 6.45) is 2.92. The molecular formula is C9H9IN2O2. The lowest BCUT2D eigenvalue weighted by molar-refractivity contribution is -0.384. The summed E-state index contributed by atoms with van der Waals surface area (Å²) >= 11 is 2.14. The molecule has 2 rings (SSSR count). The Labute approximate surface area is 94.8 Å². The number of rotatable bonds is 1. The lowest BCUT2D eigenvalue weighted by Crippen LogP contribution is -2.02. The number of nitrogens with zero attached hydrogens (tertiary/aromatic N) is 1. The van der Waals surface area contributed by atoms with Crippen LogP contribution in [0.4, 0.5) is 11.4 Å². The topological polar surface area (TPSA) is 69.2 Å². The minimum absolute atomic E-state index is 0.0510. The van der Waals surface area contributed by atoms with Crippen molar-refractivity contribution in [2.24, 2.45) is 0 Å². The summed E-state index contributed by atoms with van der Waals surface area (Å²) in [5, 5.41) is 10.7. The Morgan fingerprint density at radius 2 is 2.07 bits per heavy atom. The Morgan fingerprint density at radius 1 is 1.43 bits per heavy atom. The standard InChI is InChI=1S/C9H9IN2O2/c10-7-4-8(12(13)14)9(11)6-3-1-2-5(6)7/h4H,1-3,11H2. The fourth-order valence-electron chi connectivity index (χ4n) is 1.90. The van der Waals surface area contributed by atoms with Gasteiger partial charge in [-0.3, -0.25) is 10.1 Å². The first kappa shape index (κ1) is 9.70. The van der Waals surface area contributed by atoms with Gasteiger partial charge in [-0.25, -0.2) is 0 Å². The molecule has 0 bridgehead atoms. The van der Waals surface area contributed by atoms with Gasteiger partial charge in [-0.05, 0) is 53.0 Å². The summed E-state index contributed by atoms with van der Waals surface area (Å²) < 4.78 is 0.969. The van der Waals surface area contributed by atoms with Crippen molar-refractivity contribution in [2.45, 2.75) is 19.3 Å². The van der Waals surface area contributed by atoms with Crippen LogP contribution >= 0.6 is 22.6 Å². The second-order valence-electron chi connectivity index (χ2n) is 3.36. The maximum Gasteiger partial charge on any atom is 0.293 e. The zero-order valence-electron chi connectivity index (χ0n) is 7.42. The molecule has 5 heteroatoms. The van der Waals surface area contributed by atoms with Crippen LogP contribution in [0.2, 0.25) is 0 Å². The van der Waals surface area contributed by atoms with Gasteiger partial charge in [0.2, 0.25) is 0 Å². The summed E-state index contributed by atoms with van der Waals surface area (Å²) in [4.78, 5) is 10.3. The van der Waals surface area contributed by atoms with E-state index in [9.17, 15) is 10.1 Å². The highest BCUT2D eigenvalue weighted by molar-refractivity contribution is 14.1. The van der Waals surface area contributed by atoms with Crippen LogP contribution in [0, 0.1) is 13.7 Å². The Balaban J connectivity index is 2.68. The monoisotopic (exact) mass is 304 g/mol. The molecule has 0 fully saturated rings. The molecule has 0 heterocycles. The van der Waals surface area contributed by atoms with E-state index in [0.717, 1.165) is 28.4 Å². The Kier molecular flexibility index (Phi) is 2.34. The van der Waals surface area contributed by atoms with Gasteiger partial charge in [0.1, 0.15) is 5.69 Å². The molecule has 0 atom stereocenters. The van der Waals surface area contributed by atoms with Crippen LogP contribution in [0.25, 0.3) is 0 Å². The Morgan fingerprint density at radius 3 is 2.71 bits per heavy atom. The molecule has 14 heavy (non-hydrogen) atoms. The van der Waals surface area contributed by atoms with Crippen LogP contribution in [0.1, 0.15) is 17.5 Å². The fourth-order valence-corrected chi connectivity index (χ4v) is 2.79. The number of nitrogens with two attached hydrogens (primary N) is 1. The molecule has 1 aromatic carbocycles. The van der Waals surface area contributed by atoms with E-state index >= 15 is 0 Å². The number of hydrogen-bond donors (Lipinski definition) is 1. The smallest absolute Gasteiger partial charge is 0.293 e. The molecule has 0 saturated carbocycles. The van der Waals surface area contributed by atoms with Gasteiger partial charge in [-0.15, -0.1) is 0 Å². The third kappa shape index (κ3) is 1.35. The van der Waals surface area contributed by atoms with Gasteiger partial charge in [0, 0.05) is 9.64 Å². The summed E-state index contributed by atoms with van der Waals surface area (Å²) in [5.74, 6) is 0. The number of anilines is 1. The third-order valence-electron chi connectivity index (χ3n) is 2.57. The van der Waals surface area contributed by atoms with Crippen LogP contribution in [0.3, 0.4) is 0 Å². The van der Waals surface area contributed by atoms with Gasteiger partial charge < -0.3 is 5.73 Å². The summed E-state index contributed by atoms with van der Waals surface area (Å²) in [6, 6.07) is 1.57. The minimum Gasteiger partial charge on any atom is -0.393 e. The van der Waals surface area contributed by atoms with Crippen LogP contribution in [-0.4, -0.2) is 4.92 Å². The highest BCUT2D eigenvalue weighted by Crippen LogP contribution is 2.37. The SMILES string of the molecule is Nc1c([N+](=O)[O-])cc(I)c2c1CCC2. The van der Waals surface area contributed by atoms with Crippen LogP contribution in [0.5, 0.6) is 0 Å². The number of halogens is 1.